The maximum absolute atomic E-state index is 6.86. The predicted octanol–water partition coefficient (Wildman–Crippen LogP) is 5.12. The largest absolute Gasteiger partial charge is 0.469 e. The van der Waals surface area contributed by atoms with E-state index in [4.69, 9.17) is 32.9 Å². The first-order valence-electron chi connectivity index (χ1n) is 11.5. The van der Waals surface area contributed by atoms with Gasteiger partial charge in [-0.05, 0) is 97.7 Å². The molecule has 0 aliphatic carbocycles. The van der Waals surface area contributed by atoms with Gasteiger partial charge in [-0.25, -0.2) is 0 Å². The fourth-order valence-electron chi connectivity index (χ4n) is 3.42. The predicted molar refractivity (Wildman–Crippen MR) is 152 cm³/mol. The Morgan fingerprint density at radius 2 is 0.879 bits per heavy atom. The molecule has 0 atom stereocenters. The van der Waals surface area contributed by atoms with Gasteiger partial charge in [-0.2, -0.15) is 0 Å². The summed E-state index contributed by atoms with van der Waals surface area (Å²) in [6.07, 6.45) is 0. The van der Waals surface area contributed by atoms with Gasteiger partial charge in [0.25, 0.3) is 0 Å². The van der Waals surface area contributed by atoms with Crippen molar-refractivity contribution < 1.29 is 32.9 Å². The van der Waals surface area contributed by atoms with Crippen LogP contribution in [0, 0.1) is 0 Å². The van der Waals surface area contributed by atoms with Crippen LogP contribution >= 0.6 is 0 Å². The maximum Gasteiger partial charge on any atom is 0.469 e. The average Bonchev–Trinajstić information content (AvgIpc) is 2.45. The van der Waals surface area contributed by atoms with Crippen LogP contribution in [0.2, 0.25) is 104 Å². The molecule has 1 heterocycles. The molecular formula is C16H46O8Si9. The minimum absolute atomic E-state index is 0.698. The topological polar surface area (TPSA) is 73.8 Å². The van der Waals surface area contributed by atoms with Crippen molar-refractivity contribution >= 4 is 79.5 Å². The highest BCUT2D eigenvalue weighted by atomic mass is 28.5. The summed E-state index contributed by atoms with van der Waals surface area (Å²) in [4.78, 5) is 0. The van der Waals surface area contributed by atoms with Crippen molar-refractivity contribution in [2.24, 2.45) is 0 Å². The highest BCUT2D eigenvalue weighted by molar-refractivity contribution is 6.91. The molecule has 0 aromatic heterocycles. The van der Waals surface area contributed by atoms with E-state index in [0.717, 1.165) is 6.04 Å². The molecule has 194 valence electrons. The van der Waals surface area contributed by atoms with Gasteiger partial charge in [-0.1, -0.05) is 0 Å². The molecule has 0 bridgehead atoms. The molecule has 0 saturated carbocycles. The third-order valence-electron chi connectivity index (χ3n) is 3.85. The molecule has 0 aromatic rings. The SMILES string of the molecule is C[Si]1O[Si](C)O[Si](C)O[Si](C)(CC[Si](O[Si](C)(C)C)(O[Si](C)(C)C)O[Si](C)(C)C)O[Si](C)O1. The summed E-state index contributed by atoms with van der Waals surface area (Å²) >= 11 is 0. The van der Waals surface area contributed by atoms with Crippen LogP contribution < -0.4 is 0 Å². The fraction of sp³-hybridized carbons (Fsp3) is 1.00. The lowest BCUT2D eigenvalue weighted by molar-refractivity contribution is 0.247. The molecular weight excluding hydrogens is 573 g/mol. The zero-order chi connectivity index (χ0) is 25.9. The van der Waals surface area contributed by atoms with Crippen LogP contribution in [0.1, 0.15) is 0 Å². The molecule has 0 unspecified atom stereocenters. The smallest absolute Gasteiger partial charge is 0.417 e. The van der Waals surface area contributed by atoms with Gasteiger partial charge in [-0.3, -0.25) is 0 Å². The quantitative estimate of drug-likeness (QED) is 0.330. The third kappa shape index (κ3) is 14.2. The molecule has 1 fully saturated rings. The highest BCUT2D eigenvalue weighted by Crippen LogP contribution is 2.33. The third-order valence-corrected chi connectivity index (χ3v) is 30.1. The summed E-state index contributed by atoms with van der Waals surface area (Å²) in [6.45, 7) is 30.1. The summed E-state index contributed by atoms with van der Waals surface area (Å²) in [6, 6.07) is 1.43. The van der Waals surface area contributed by atoms with E-state index in [0.29, 0.717) is 6.04 Å². The molecule has 0 spiro atoms. The minimum Gasteiger partial charge on any atom is -0.417 e. The van der Waals surface area contributed by atoms with Crippen LogP contribution in [0.5, 0.6) is 0 Å². The van der Waals surface area contributed by atoms with E-state index in [-0.39, 0.29) is 0 Å². The van der Waals surface area contributed by atoms with Gasteiger partial charge in [0.2, 0.25) is 0 Å². The lowest BCUT2D eigenvalue weighted by atomic mass is 10.9. The van der Waals surface area contributed by atoms with Crippen molar-refractivity contribution in [3.63, 3.8) is 0 Å². The molecule has 0 aromatic carbocycles. The summed E-state index contributed by atoms with van der Waals surface area (Å²) in [5.41, 5.74) is 0. The maximum atomic E-state index is 6.86. The Bertz CT molecular complexity index is 551. The van der Waals surface area contributed by atoms with Crippen molar-refractivity contribution in [2.45, 2.75) is 104 Å². The normalized spacial score (nSPS) is 22.0. The molecule has 4 radical (unpaired) electrons. The lowest BCUT2D eigenvalue weighted by Gasteiger charge is -2.44. The monoisotopic (exact) mass is 618 g/mol. The second kappa shape index (κ2) is 12.5. The van der Waals surface area contributed by atoms with Crippen molar-refractivity contribution in [1.82, 2.24) is 0 Å². The molecule has 17 heteroatoms. The zero-order valence-corrected chi connectivity index (χ0v) is 32.2. The van der Waals surface area contributed by atoms with Gasteiger partial charge in [0.15, 0.2) is 25.0 Å². The highest BCUT2D eigenvalue weighted by Gasteiger charge is 2.52. The van der Waals surface area contributed by atoms with Crippen LogP contribution in [0.25, 0.3) is 0 Å². The standard InChI is InChI=1S/C16H46O8Si9/c1-25-17-26(2)19-28(4)21-32(14,20-27(3)18-25)15-16-33(22-29(5,6)7,23-30(8,9)10)24-31(11,12)13/h15-16H2,1-14H3. The van der Waals surface area contributed by atoms with Gasteiger partial charge < -0.3 is 32.9 Å². The van der Waals surface area contributed by atoms with E-state index in [1.54, 1.807) is 0 Å². The van der Waals surface area contributed by atoms with Crippen LogP contribution in [0.4, 0.5) is 0 Å². The Morgan fingerprint density at radius 3 is 1.18 bits per heavy atom. The molecule has 1 aliphatic rings. The van der Waals surface area contributed by atoms with Crippen LogP contribution in [0.15, 0.2) is 0 Å². The van der Waals surface area contributed by atoms with E-state index in [2.05, 4.69) is 65.5 Å². The molecule has 8 nitrogen and oxygen atoms in total. The lowest BCUT2D eigenvalue weighted by Crippen LogP contribution is -2.61. The molecule has 0 amide bonds. The van der Waals surface area contributed by atoms with E-state index in [9.17, 15) is 0 Å². The molecule has 1 saturated heterocycles. The fourth-order valence-corrected chi connectivity index (χ4v) is 33.8. The van der Waals surface area contributed by atoms with E-state index >= 15 is 0 Å². The number of rotatable bonds is 9. The number of hydrogen-bond donors (Lipinski definition) is 0. The Kier molecular flexibility index (Phi) is 12.3. The average molecular weight is 619 g/mol. The van der Waals surface area contributed by atoms with E-state index in [1.165, 1.54) is 0 Å². The number of hydrogen-bond acceptors (Lipinski definition) is 8. The van der Waals surface area contributed by atoms with Crippen molar-refractivity contribution in [3.05, 3.63) is 0 Å². The summed E-state index contributed by atoms with van der Waals surface area (Å²) in [7, 11) is -17.2. The van der Waals surface area contributed by atoms with Crippen molar-refractivity contribution in [2.75, 3.05) is 0 Å². The first kappa shape index (κ1) is 32.7. The first-order valence-corrected chi connectivity index (χ1v) is 33.4. The Morgan fingerprint density at radius 1 is 0.576 bits per heavy atom. The van der Waals surface area contributed by atoms with E-state index < -0.39 is 79.5 Å². The van der Waals surface area contributed by atoms with Crippen LogP contribution in [-0.4, -0.2) is 79.5 Å². The second-order valence-corrected chi connectivity index (χ2v) is 39.2. The summed E-state index contributed by atoms with van der Waals surface area (Å²) in [5.74, 6) is 0. The second-order valence-electron chi connectivity index (χ2n) is 11.4. The molecule has 0 N–H and O–H groups in total. The van der Waals surface area contributed by atoms with Crippen LogP contribution in [-0.2, 0) is 32.9 Å². The Labute approximate surface area is 215 Å². The van der Waals surface area contributed by atoms with Gasteiger partial charge in [0.05, 0.1) is 0 Å². The van der Waals surface area contributed by atoms with Crippen LogP contribution in [0.3, 0.4) is 0 Å². The van der Waals surface area contributed by atoms with Gasteiger partial charge in [0, 0.05) is 6.04 Å². The molecule has 1 rings (SSSR count). The molecule has 33 heavy (non-hydrogen) atoms. The first-order chi connectivity index (χ1) is 14.6. The van der Waals surface area contributed by atoms with Crippen molar-refractivity contribution in [1.29, 1.82) is 0 Å². The Hall–Kier alpha value is 1.63. The Balaban J connectivity index is 3.27. The van der Waals surface area contributed by atoms with E-state index in [1.807, 2.05) is 26.2 Å². The molecule has 1 aliphatic heterocycles. The summed E-state index contributed by atoms with van der Waals surface area (Å²) in [5, 5.41) is 0. The van der Waals surface area contributed by atoms with Gasteiger partial charge in [-0.15, -0.1) is 0 Å². The van der Waals surface area contributed by atoms with Gasteiger partial charge in [0.1, 0.15) is 0 Å². The summed E-state index contributed by atoms with van der Waals surface area (Å²) < 4.78 is 51.9. The minimum atomic E-state index is -2.97. The van der Waals surface area contributed by atoms with Crippen molar-refractivity contribution in [3.8, 4) is 0 Å². The van der Waals surface area contributed by atoms with Gasteiger partial charge >= 0.3 is 54.5 Å². The zero-order valence-electron chi connectivity index (χ0n) is 23.2.